The van der Waals surface area contributed by atoms with Gasteiger partial charge in [0.1, 0.15) is 17.8 Å². The Kier molecular flexibility index (Phi) is 8.62. The van der Waals surface area contributed by atoms with Gasteiger partial charge < -0.3 is 19.9 Å². The lowest BCUT2D eigenvalue weighted by Crippen LogP contribution is -2.66. The summed E-state index contributed by atoms with van der Waals surface area (Å²) in [6.45, 7) is 9.64. The number of sulfonamides is 1. The minimum absolute atomic E-state index is 0.0184. The molecule has 41 heavy (non-hydrogen) atoms. The first-order valence-electron chi connectivity index (χ1n) is 14.3. The molecule has 0 radical (unpaired) electrons. The Morgan fingerprint density at radius 2 is 1.95 bits per heavy atom. The molecule has 2 N–H and O–H groups in total. The van der Waals surface area contributed by atoms with E-state index >= 15 is 0 Å². The van der Waals surface area contributed by atoms with Gasteiger partial charge in [0.25, 0.3) is 0 Å². The number of hydrogen-bond donors (Lipinski definition) is 2. The first kappa shape index (κ1) is 29.4. The van der Waals surface area contributed by atoms with E-state index < -0.39 is 22.3 Å². The molecule has 2 fully saturated rings. The average Bonchev–Trinajstić information content (AvgIpc) is 2.94. The number of fused-ring (bicyclic) bond motifs is 1. The molecule has 4 atom stereocenters. The average molecular weight is 586 g/mol. The number of methoxy groups -OCH3 is 1. The second kappa shape index (κ2) is 12.0. The zero-order valence-electron chi connectivity index (χ0n) is 24.3. The summed E-state index contributed by atoms with van der Waals surface area (Å²) in [4.78, 5) is 17.8. The Balaban J connectivity index is 1.37. The number of hydrogen-bond acceptors (Lipinski definition) is 9. The number of piperidine rings is 1. The molecule has 3 aromatic rings. The fraction of sp³-hybridized carbons (Fsp3) is 0.552. The zero-order chi connectivity index (χ0) is 29.3. The minimum atomic E-state index is -3.28. The summed E-state index contributed by atoms with van der Waals surface area (Å²) in [6, 6.07) is 7.95. The van der Waals surface area contributed by atoms with Crippen molar-refractivity contribution in [3.8, 4) is 0 Å². The number of anilines is 4. The van der Waals surface area contributed by atoms with Gasteiger partial charge in [-0.3, -0.25) is 0 Å². The lowest BCUT2D eigenvalue weighted by molar-refractivity contribution is 0.0194. The highest BCUT2D eigenvalue weighted by Gasteiger charge is 2.38. The van der Waals surface area contributed by atoms with Gasteiger partial charge in [-0.15, -0.1) is 0 Å². The number of ether oxygens (including phenoxy) is 1. The van der Waals surface area contributed by atoms with Crippen LogP contribution in [0.2, 0.25) is 0 Å². The Labute approximate surface area is 241 Å². The standard InChI is InChI=1S/C29H40FN7O3S/c1-6-13-41(38,39)35-24-17-37(19(24)4)25-8-7-20(18(2)3)21-14-28(32-15-22(21)25)33-27-9-11-31-29(34-27)36-12-10-26(40-5)23(30)16-36/h7-9,11,14-15,18-19,23-24,26,35H,6,10,12-13,16-17H2,1-5H3,(H,31,32,33,34)/t19-,23?,24+,26?/m1/s1. The first-order chi connectivity index (χ1) is 19.6. The van der Waals surface area contributed by atoms with Crippen molar-refractivity contribution in [1.82, 2.24) is 19.7 Å². The zero-order valence-corrected chi connectivity index (χ0v) is 25.2. The third-order valence-corrected chi connectivity index (χ3v) is 9.69. The predicted molar refractivity (Wildman–Crippen MR) is 161 cm³/mol. The Hall–Kier alpha value is -3.09. The van der Waals surface area contributed by atoms with E-state index in [0.29, 0.717) is 49.4 Å². The van der Waals surface area contributed by atoms with Crippen molar-refractivity contribution in [3.05, 3.63) is 42.2 Å². The number of rotatable bonds is 10. The van der Waals surface area contributed by atoms with Crippen LogP contribution in [0.4, 0.5) is 27.7 Å². The maximum atomic E-state index is 14.5. The van der Waals surface area contributed by atoms with E-state index in [-0.39, 0.29) is 24.4 Å². The van der Waals surface area contributed by atoms with Crippen LogP contribution in [0, 0.1) is 0 Å². The monoisotopic (exact) mass is 585 g/mol. The highest BCUT2D eigenvalue weighted by atomic mass is 32.2. The molecule has 1 aromatic carbocycles. The molecular formula is C29H40FN7O3S. The van der Waals surface area contributed by atoms with Crippen molar-refractivity contribution in [2.45, 2.75) is 70.8 Å². The summed E-state index contributed by atoms with van der Waals surface area (Å²) < 4.78 is 47.2. The summed E-state index contributed by atoms with van der Waals surface area (Å²) in [5, 5.41) is 5.40. The first-order valence-corrected chi connectivity index (χ1v) is 16.0. The van der Waals surface area contributed by atoms with E-state index in [1.807, 2.05) is 31.0 Å². The number of benzene rings is 1. The fourth-order valence-corrected chi connectivity index (χ4v) is 7.11. The van der Waals surface area contributed by atoms with Gasteiger partial charge in [-0.05, 0) is 54.8 Å². The van der Waals surface area contributed by atoms with Crippen LogP contribution in [-0.4, -0.2) is 80.2 Å². The van der Waals surface area contributed by atoms with Crippen LogP contribution in [-0.2, 0) is 14.8 Å². The highest BCUT2D eigenvalue weighted by molar-refractivity contribution is 7.89. The van der Waals surface area contributed by atoms with Crippen molar-refractivity contribution in [2.24, 2.45) is 0 Å². The molecule has 2 unspecified atom stereocenters. The van der Waals surface area contributed by atoms with Crippen LogP contribution in [0.1, 0.15) is 52.0 Å². The summed E-state index contributed by atoms with van der Waals surface area (Å²) in [5.41, 5.74) is 2.23. The lowest BCUT2D eigenvalue weighted by Gasteiger charge is -2.48. The number of nitrogens with one attached hydrogen (secondary N) is 2. The molecule has 2 aliphatic heterocycles. The summed E-state index contributed by atoms with van der Waals surface area (Å²) in [6.07, 6.45) is 3.20. The van der Waals surface area contributed by atoms with Crippen LogP contribution < -0.4 is 19.8 Å². The van der Waals surface area contributed by atoms with Crippen molar-refractivity contribution < 1.29 is 17.5 Å². The Morgan fingerprint density at radius 3 is 2.63 bits per heavy atom. The number of pyridine rings is 1. The molecule has 0 saturated carbocycles. The molecule has 0 bridgehead atoms. The van der Waals surface area contributed by atoms with Gasteiger partial charge in [-0.25, -0.2) is 27.5 Å². The molecule has 2 aliphatic rings. The molecule has 5 rings (SSSR count). The fourth-order valence-electron chi connectivity index (χ4n) is 5.72. The molecule has 2 saturated heterocycles. The smallest absolute Gasteiger partial charge is 0.227 e. The van der Waals surface area contributed by atoms with E-state index in [0.717, 1.165) is 16.5 Å². The Morgan fingerprint density at radius 1 is 1.15 bits per heavy atom. The van der Waals surface area contributed by atoms with Crippen LogP contribution in [0.15, 0.2) is 36.7 Å². The van der Waals surface area contributed by atoms with Gasteiger partial charge in [-0.1, -0.05) is 26.8 Å². The van der Waals surface area contributed by atoms with Crippen molar-refractivity contribution in [3.63, 3.8) is 0 Å². The minimum Gasteiger partial charge on any atom is -0.378 e. The summed E-state index contributed by atoms with van der Waals surface area (Å²) >= 11 is 0. The summed E-state index contributed by atoms with van der Waals surface area (Å²) in [7, 11) is -1.74. The van der Waals surface area contributed by atoms with Gasteiger partial charge in [-0.2, -0.15) is 4.98 Å². The maximum Gasteiger partial charge on any atom is 0.227 e. The molecule has 0 spiro atoms. The van der Waals surface area contributed by atoms with Crippen LogP contribution in [0.25, 0.3) is 10.8 Å². The third-order valence-electron chi connectivity index (χ3n) is 8.08. The second-order valence-electron chi connectivity index (χ2n) is 11.3. The van der Waals surface area contributed by atoms with Gasteiger partial charge in [0.05, 0.1) is 24.4 Å². The van der Waals surface area contributed by atoms with E-state index in [2.05, 4.69) is 50.9 Å². The Bertz CT molecular complexity index is 1490. The molecule has 222 valence electrons. The van der Waals surface area contributed by atoms with Gasteiger partial charge in [0, 0.05) is 49.7 Å². The van der Waals surface area contributed by atoms with Crippen LogP contribution in [0.3, 0.4) is 0 Å². The third kappa shape index (κ3) is 6.24. The van der Waals surface area contributed by atoms with Crippen molar-refractivity contribution in [1.29, 1.82) is 0 Å². The molecule has 12 heteroatoms. The van der Waals surface area contributed by atoms with E-state index in [9.17, 15) is 12.8 Å². The quantitative estimate of drug-likeness (QED) is 0.358. The molecular weight excluding hydrogens is 545 g/mol. The van der Waals surface area contributed by atoms with Crippen LogP contribution >= 0.6 is 0 Å². The highest BCUT2D eigenvalue weighted by Crippen LogP contribution is 2.38. The van der Waals surface area contributed by atoms with Gasteiger partial charge >= 0.3 is 0 Å². The van der Waals surface area contributed by atoms with E-state index in [1.165, 1.54) is 12.7 Å². The maximum absolute atomic E-state index is 14.5. The van der Waals surface area contributed by atoms with Crippen LogP contribution in [0.5, 0.6) is 0 Å². The molecule has 0 aliphatic carbocycles. The number of aromatic nitrogens is 3. The molecule has 2 aromatic heterocycles. The van der Waals surface area contributed by atoms with Crippen molar-refractivity contribution in [2.75, 3.05) is 47.6 Å². The molecule has 4 heterocycles. The predicted octanol–water partition coefficient (Wildman–Crippen LogP) is 4.36. The van der Waals surface area contributed by atoms with E-state index in [4.69, 9.17) is 9.72 Å². The topological polar surface area (TPSA) is 113 Å². The number of halogens is 1. The number of alkyl halides is 1. The number of nitrogens with zero attached hydrogens (tertiary/aromatic N) is 5. The normalized spacial score (nSPS) is 23.2. The van der Waals surface area contributed by atoms with Gasteiger partial charge in [0.2, 0.25) is 16.0 Å². The molecule has 0 amide bonds. The summed E-state index contributed by atoms with van der Waals surface area (Å²) in [5.74, 6) is 2.11. The van der Waals surface area contributed by atoms with Gasteiger partial charge in [0.15, 0.2) is 0 Å². The SMILES string of the molecule is CCCS(=O)(=O)N[C@H]1CN(c2ccc(C(C)C)c3cc(Nc4ccnc(N5CCC(OC)C(F)C5)n4)ncc23)[C@@H]1C. The van der Waals surface area contributed by atoms with E-state index in [1.54, 1.807) is 12.3 Å². The largest absolute Gasteiger partial charge is 0.378 e. The molecule has 10 nitrogen and oxygen atoms in total. The second-order valence-corrected chi connectivity index (χ2v) is 13.1. The lowest BCUT2D eigenvalue weighted by atomic mass is 9.92. The van der Waals surface area contributed by atoms with Crippen molar-refractivity contribution >= 4 is 44.1 Å².